The van der Waals surface area contributed by atoms with Gasteiger partial charge in [-0.1, -0.05) is 6.92 Å². The summed E-state index contributed by atoms with van der Waals surface area (Å²) >= 11 is 0. The van der Waals surface area contributed by atoms with Gasteiger partial charge in [-0.2, -0.15) is 0 Å². The van der Waals surface area contributed by atoms with Crippen molar-refractivity contribution in [3.63, 3.8) is 0 Å². The molecule has 2 bridgehead atoms. The molecule has 3 nitrogen and oxygen atoms in total. The first-order chi connectivity index (χ1) is 6.74. The first-order valence-electron chi connectivity index (χ1n) is 5.79. The third-order valence-corrected chi connectivity index (χ3v) is 3.79. The summed E-state index contributed by atoms with van der Waals surface area (Å²) in [5.41, 5.74) is 0. The quantitative estimate of drug-likeness (QED) is 0.711. The van der Waals surface area contributed by atoms with E-state index in [1.54, 1.807) is 0 Å². The molecule has 0 amide bonds. The van der Waals surface area contributed by atoms with Crippen LogP contribution < -0.4 is 0 Å². The summed E-state index contributed by atoms with van der Waals surface area (Å²) in [5.74, 6) is 0.847. The monoisotopic (exact) mass is 198 g/mol. The molecular weight excluding hydrogens is 176 g/mol. The van der Waals surface area contributed by atoms with Gasteiger partial charge in [0.1, 0.15) is 0 Å². The van der Waals surface area contributed by atoms with E-state index < -0.39 is 0 Å². The first-order valence-corrected chi connectivity index (χ1v) is 5.79. The molecule has 0 aliphatic carbocycles. The molecule has 2 saturated heterocycles. The lowest BCUT2D eigenvalue weighted by Gasteiger charge is -2.33. The highest BCUT2D eigenvalue weighted by Crippen LogP contribution is 2.30. The predicted molar refractivity (Wildman–Crippen MR) is 57.3 cm³/mol. The van der Waals surface area contributed by atoms with Crippen molar-refractivity contribution in [3.8, 4) is 0 Å². The van der Waals surface area contributed by atoms with Crippen molar-refractivity contribution in [2.24, 2.45) is 5.92 Å². The van der Waals surface area contributed by atoms with Crippen LogP contribution in [-0.4, -0.2) is 60.3 Å². The number of hydrogen-bond acceptors (Lipinski definition) is 3. The van der Waals surface area contributed by atoms with Gasteiger partial charge >= 0.3 is 0 Å². The molecule has 2 aliphatic heterocycles. The number of likely N-dealkylation sites (tertiary alicyclic amines) is 2. The average Bonchev–Trinajstić information content (AvgIpc) is 2.44. The minimum absolute atomic E-state index is 0.323. The van der Waals surface area contributed by atoms with Gasteiger partial charge in [-0.05, 0) is 25.8 Å². The lowest BCUT2D eigenvalue weighted by molar-refractivity contribution is 0.0989. The van der Waals surface area contributed by atoms with Crippen molar-refractivity contribution in [3.05, 3.63) is 0 Å². The van der Waals surface area contributed by atoms with E-state index in [2.05, 4.69) is 23.8 Å². The second-order valence-electron chi connectivity index (χ2n) is 4.92. The molecule has 0 radical (unpaired) electrons. The number of nitrogens with zero attached hydrogens (tertiary/aromatic N) is 2. The van der Waals surface area contributed by atoms with Crippen LogP contribution in [0.4, 0.5) is 0 Å². The molecule has 1 N–H and O–H groups in total. The van der Waals surface area contributed by atoms with E-state index in [4.69, 9.17) is 0 Å². The maximum atomic E-state index is 9.32. The molecule has 2 heterocycles. The van der Waals surface area contributed by atoms with Crippen LogP contribution in [0.2, 0.25) is 0 Å². The van der Waals surface area contributed by atoms with Crippen LogP contribution in [0.15, 0.2) is 0 Å². The van der Waals surface area contributed by atoms with Gasteiger partial charge in [-0.15, -0.1) is 0 Å². The van der Waals surface area contributed by atoms with E-state index in [0.717, 1.165) is 12.3 Å². The number of fused-ring (bicyclic) bond motifs is 2. The average molecular weight is 198 g/mol. The van der Waals surface area contributed by atoms with Crippen molar-refractivity contribution in [2.75, 3.05) is 33.3 Å². The maximum Gasteiger partial charge on any atom is 0.0586 e. The summed E-state index contributed by atoms with van der Waals surface area (Å²) in [6.07, 6.45) is 2.42. The number of aliphatic hydroxyl groups is 1. The molecular formula is C11H22N2O. The minimum atomic E-state index is 0.323. The highest BCUT2D eigenvalue weighted by atomic mass is 16.3. The SMILES string of the molecule is CC[C@H](CO)N1CC2CC1CN(C)C2. The van der Waals surface area contributed by atoms with Crippen LogP contribution in [0.5, 0.6) is 0 Å². The zero-order valence-electron chi connectivity index (χ0n) is 9.32. The van der Waals surface area contributed by atoms with Crippen molar-refractivity contribution < 1.29 is 5.11 Å². The third kappa shape index (κ3) is 1.81. The Kier molecular flexibility index (Phi) is 3.10. The zero-order chi connectivity index (χ0) is 10.1. The largest absolute Gasteiger partial charge is 0.395 e. The normalized spacial score (nSPS) is 36.2. The van der Waals surface area contributed by atoms with Crippen molar-refractivity contribution >= 4 is 0 Å². The lowest BCUT2D eigenvalue weighted by Crippen LogP contribution is -2.45. The molecule has 3 heteroatoms. The molecule has 2 aliphatic rings. The van der Waals surface area contributed by atoms with Gasteiger partial charge in [-0.25, -0.2) is 0 Å². The highest BCUT2D eigenvalue weighted by molar-refractivity contribution is 4.94. The van der Waals surface area contributed by atoms with Crippen LogP contribution >= 0.6 is 0 Å². The summed E-state index contributed by atoms with van der Waals surface area (Å²) in [6.45, 7) is 6.13. The van der Waals surface area contributed by atoms with Gasteiger partial charge < -0.3 is 10.0 Å². The number of aliphatic hydroxyl groups excluding tert-OH is 1. The Hall–Kier alpha value is -0.120. The Morgan fingerprint density at radius 2 is 2.14 bits per heavy atom. The second-order valence-corrected chi connectivity index (χ2v) is 4.92. The Morgan fingerprint density at radius 3 is 2.79 bits per heavy atom. The van der Waals surface area contributed by atoms with E-state index >= 15 is 0 Å². The molecule has 0 spiro atoms. The Morgan fingerprint density at radius 1 is 1.36 bits per heavy atom. The molecule has 2 fully saturated rings. The van der Waals surface area contributed by atoms with Crippen molar-refractivity contribution in [2.45, 2.75) is 31.8 Å². The predicted octanol–water partition coefficient (Wildman–Crippen LogP) is 0.393. The van der Waals surface area contributed by atoms with Crippen LogP contribution in [0.1, 0.15) is 19.8 Å². The molecule has 14 heavy (non-hydrogen) atoms. The van der Waals surface area contributed by atoms with E-state index in [1.807, 2.05) is 0 Å². The fourth-order valence-electron chi connectivity index (χ4n) is 3.14. The molecule has 3 atom stereocenters. The Labute approximate surface area is 86.7 Å². The number of likely N-dealkylation sites (N-methyl/N-ethyl adjacent to an activating group) is 1. The van der Waals surface area contributed by atoms with Gasteiger partial charge in [0.2, 0.25) is 0 Å². The van der Waals surface area contributed by atoms with Gasteiger partial charge in [0.25, 0.3) is 0 Å². The van der Waals surface area contributed by atoms with E-state index in [-0.39, 0.29) is 0 Å². The Balaban J connectivity index is 2.01. The zero-order valence-corrected chi connectivity index (χ0v) is 9.32. The van der Waals surface area contributed by atoms with Gasteiger partial charge in [0, 0.05) is 31.7 Å². The summed E-state index contributed by atoms with van der Waals surface area (Å²) in [5, 5.41) is 9.32. The van der Waals surface area contributed by atoms with Crippen molar-refractivity contribution in [1.29, 1.82) is 0 Å². The Bertz CT molecular complexity index is 194. The van der Waals surface area contributed by atoms with E-state index in [1.165, 1.54) is 26.1 Å². The lowest BCUT2D eigenvalue weighted by atomic mass is 10.0. The molecule has 0 aromatic rings. The minimum Gasteiger partial charge on any atom is -0.395 e. The fraction of sp³-hybridized carbons (Fsp3) is 1.00. The van der Waals surface area contributed by atoms with Gasteiger partial charge in [-0.3, -0.25) is 4.90 Å². The maximum absolute atomic E-state index is 9.32. The summed E-state index contributed by atoms with van der Waals surface area (Å²) in [4.78, 5) is 4.97. The summed E-state index contributed by atoms with van der Waals surface area (Å²) in [6, 6.07) is 1.10. The molecule has 2 rings (SSSR count). The first kappa shape index (κ1) is 10.4. The summed E-state index contributed by atoms with van der Waals surface area (Å²) < 4.78 is 0. The number of piperidine rings is 1. The topological polar surface area (TPSA) is 26.7 Å². The summed E-state index contributed by atoms with van der Waals surface area (Å²) in [7, 11) is 2.21. The van der Waals surface area contributed by atoms with Gasteiger partial charge in [0.15, 0.2) is 0 Å². The van der Waals surface area contributed by atoms with Crippen LogP contribution in [0, 0.1) is 5.92 Å². The fourth-order valence-corrected chi connectivity index (χ4v) is 3.14. The van der Waals surface area contributed by atoms with E-state index in [9.17, 15) is 5.11 Å². The second kappa shape index (κ2) is 4.17. The highest BCUT2D eigenvalue weighted by Gasteiger charge is 2.39. The van der Waals surface area contributed by atoms with E-state index in [0.29, 0.717) is 18.7 Å². The molecule has 2 unspecified atom stereocenters. The van der Waals surface area contributed by atoms with Crippen LogP contribution in [0.3, 0.4) is 0 Å². The smallest absolute Gasteiger partial charge is 0.0586 e. The van der Waals surface area contributed by atoms with Gasteiger partial charge in [0.05, 0.1) is 6.61 Å². The molecule has 82 valence electrons. The van der Waals surface area contributed by atoms with Crippen LogP contribution in [0.25, 0.3) is 0 Å². The van der Waals surface area contributed by atoms with Crippen molar-refractivity contribution in [1.82, 2.24) is 9.80 Å². The van der Waals surface area contributed by atoms with Crippen LogP contribution in [-0.2, 0) is 0 Å². The molecule has 0 saturated carbocycles. The number of rotatable bonds is 3. The molecule has 0 aromatic heterocycles. The third-order valence-electron chi connectivity index (χ3n) is 3.79. The standard InChI is InChI=1S/C11H22N2O/c1-3-10(8-14)13-6-9-4-11(13)7-12(2)5-9/h9-11,14H,3-8H2,1-2H3/t9?,10-,11?/m1/s1. The molecule has 0 aromatic carbocycles. The number of hydrogen-bond donors (Lipinski definition) is 1.